The van der Waals surface area contributed by atoms with Crippen molar-refractivity contribution in [3.63, 3.8) is 0 Å². The number of nitro benzene ring substituents is 1. The molecule has 12 N–H and O–H groups in total. The number of hydrogen-bond acceptors (Lipinski definition) is 21. The van der Waals surface area contributed by atoms with E-state index in [1.165, 1.54) is 38.3 Å². The predicted octanol–water partition coefficient (Wildman–Crippen LogP) is 4.97. The number of aliphatic hydroxyl groups excluding tert-OH is 1. The molecule has 1 aliphatic heterocycles. The average molecular weight is 1530 g/mol. The Morgan fingerprint density at radius 2 is 1.30 bits per heavy atom. The fourth-order valence-electron chi connectivity index (χ4n) is 12.8. The minimum absolute atomic E-state index is 0.0216. The molecule has 109 heavy (non-hydrogen) atoms. The van der Waals surface area contributed by atoms with Crippen LogP contribution >= 0.6 is 0 Å². The number of rotatable bonds is 49. The standard InChI is InChI=1S/C76H119N13O20/c1-15-49(8)66(60(103-13)44-62(91)88-34-20-24-58(88)68(104-14)50(9)69(93)81-51(10)67(92)53-21-17-16-18-22-53)86(11)74(98)64(47(4)5)85-73(97)65(48(6)7)87(12)76(100)109-45-52-25-28-55(29-26-52)82-71(95)57(23-19-32-80-75(78)99)83-72(96)63(46(2)3)84-61(90)31-35-105-37-39-107-41-42-108-40-38-106-36-33-79-70(94)54-27-30-56(77)59(43-54)89(101)102/h16-18,21-22,25-30,43,46-51,57-58,60,63-68,92H,15,19-20,23-24,31-42,44-45,77H2,1-14H3,(H,79,94)(H,81,93)(H,82,95)(H,83,96)(H,84,90)(H,85,97)(H3,78,80,99)/t49-,50+,51+,57-,58-,60+,63-,64-,65-,66-,67+,68+/m0/s1. The lowest BCUT2D eigenvalue weighted by Crippen LogP contribution is -2.60. The summed E-state index contributed by atoms with van der Waals surface area (Å²) in [5, 5.41) is 41.3. The van der Waals surface area contributed by atoms with Crippen molar-refractivity contribution in [3.8, 4) is 0 Å². The maximum atomic E-state index is 14.9. The summed E-state index contributed by atoms with van der Waals surface area (Å²) < 4.78 is 39.8. The van der Waals surface area contributed by atoms with E-state index in [1.54, 1.807) is 109 Å². The van der Waals surface area contributed by atoms with Crippen LogP contribution < -0.4 is 48.7 Å². The minimum atomic E-state index is -1.14. The normalized spacial score (nSPS) is 15.9. The lowest BCUT2D eigenvalue weighted by atomic mass is 9.89. The molecular formula is C76H119N13O20. The maximum Gasteiger partial charge on any atom is 0.410 e. The quantitative estimate of drug-likeness (QED) is 0.0154. The summed E-state index contributed by atoms with van der Waals surface area (Å²) in [5.74, 6) is -6.01. The average Bonchev–Trinajstić information content (AvgIpc) is 1.80. The molecule has 0 saturated carbocycles. The van der Waals surface area contributed by atoms with Crippen LogP contribution in [0.5, 0.6) is 0 Å². The number of hydrogen-bond donors (Lipinski definition) is 10. The molecule has 0 aliphatic carbocycles. The molecule has 4 rings (SSSR count). The number of carbonyl (C=O) groups is 10. The molecule has 12 atom stereocenters. The zero-order valence-electron chi connectivity index (χ0n) is 65.7. The van der Waals surface area contributed by atoms with Gasteiger partial charge in [0.25, 0.3) is 11.6 Å². The maximum absolute atomic E-state index is 14.9. The van der Waals surface area contributed by atoms with Crippen molar-refractivity contribution in [2.75, 3.05) is 112 Å². The molecule has 1 fully saturated rings. The summed E-state index contributed by atoms with van der Waals surface area (Å²) in [6.07, 6.45) is -1.26. The van der Waals surface area contributed by atoms with Crippen molar-refractivity contribution in [1.29, 1.82) is 0 Å². The van der Waals surface area contributed by atoms with Crippen molar-refractivity contribution in [1.82, 2.24) is 46.6 Å². The Bertz CT molecular complexity index is 3390. The largest absolute Gasteiger partial charge is 0.445 e. The number of urea groups is 1. The van der Waals surface area contributed by atoms with Gasteiger partial charge in [-0.15, -0.1) is 0 Å². The van der Waals surface area contributed by atoms with Crippen molar-refractivity contribution in [2.24, 2.45) is 35.3 Å². The Kier molecular flexibility index (Phi) is 40.4. The Morgan fingerprint density at radius 1 is 0.688 bits per heavy atom. The van der Waals surface area contributed by atoms with E-state index in [-0.39, 0.29) is 133 Å². The number of primary amides is 1. The highest BCUT2D eigenvalue weighted by Gasteiger charge is 2.44. The SMILES string of the molecule is CC[C@H](C)[C@@H]([C@@H](CC(=O)N1CCC[C@H]1[C@H](OC)[C@@H](C)C(=O)N[C@H](C)[C@@H](O)c1ccccc1)OC)N(C)C(=O)[C@@H](NC(=O)[C@H](C(C)C)N(C)C(=O)OCc1ccc(NC(=O)[C@H](CCCNC(N)=O)NC(=O)[C@@H](NC(=O)CCOCCOCCOCCOCCNC(=O)c2ccc(N)c([N+](=O)[O-])c2)C(C)C)cc1)C(C)C. The van der Waals surface area contributed by atoms with Crippen molar-refractivity contribution in [3.05, 3.63) is 99.6 Å². The van der Waals surface area contributed by atoms with E-state index >= 15 is 0 Å². The monoisotopic (exact) mass is 1530 g/mol. The number of benzene rings is 3. The number of likely N-dealkylation sites (N-methyl/N-ethyl adjacent to an activating group) is 2. The molecule has 1 heterocycles. The number of nitrogens with two attached hydrogens (primary N) is 2. The van der Waals surface area contributed by atoms with Gasteiger partial charge in [0.05, 0.1) is 107 Å². The summed E-state index contributed by atoms with van der Waals surface area (Å²) in [6.45, 7) is 20.0. The Labute approximate surface area is 639 Å². The number of carbonyl (C=O) groups excluding carboxylic acids is 10. The third-order valence-electron chi connectivity index (χ3n) is 19.1. The van der Waals surface area contributed by atoms with Gasteiger partial charge < -0.3 is 96.7 Å². The summed E-state index contributed by atoms with van der Waals surface area (Å²) in [6, 6.07) is 12.4. The third-order valence-corrected chi connectivity index (χ3v) is 19.1. The molecule has 1 aliphatic rings. The number of anilines is 2. The van der Waals surface area contributed by atoms with Gasteiger partial charge in [0.2, 0.25) is 41.4 Å². The first kappa shape index (κ1) is 92.3. The number of nitrogen functional groups attached to an aromatic ring is 1. The van der Waals surface area contributed by atoms with E-state index in [4.69, 9.17) is 44.6 Å². The van der Waals surface area contributed by atoms with Gasteiger partial charge in [0.15, 0.2) is 0 Å². The number of nitro groups is 1. The molecule has 3 aromatic rings. The fraction of sp³-hybridized carbons (Fsp3) is 0.632. The first-order valence-corrected chi connectivity index (χ1v) is 37.3. The van der Waals surface area contributed by atoms with E-state index in [1.807, 2.05) is 32.0 Å². The van der Waals surface area contributed by atoms with Crippen LogP contribution in [-0.2, 0) is 73.3 Å². The zero-order valence-corrected chi connectivity index (χ0v) is 65.7. The predicted molar refractivity (Wildman–Crippen MR) is 407 cm³/mol. The molecule has 608 valence electrons. The van der Waals surface area contributed by atoms with E-state index in [2.05, 4.69) is 37.2 Å². The van der Waals surface area contributed by atoms with Gasteiger partial charge in [-0.1, -0.05) is 111 Å². The molecule has 0 aromatic heterocycles. The van der Waals surface area contributed by atoms with Crippen LogP contribution in [0, 0.1) is 39.7 Å². The molecule has 33 heteroatoms. The van der Waals surface area contributed by atoms with Crippen molar-refractivity contribution in [2.45, 2.75) is 181 Å². The highest BCUT2D eigenvalue weighted by molar-refractivity contribution is 5.99. The second-order valence-electron chi connectivity index (χ2n) is 28.3. The van der Waals surface area contributed by atoms with Gasteiger partial charge in [-0.05, 0) is 91.7 Å². The zero-order chi connectivity index (χ0) is 81.0. The molecule has 0 spiro atoms. The Balaban J connectivity index is 1.27. The van der Waals surface area contributed by atoms with Gasteiger partial charge in [0.1, 0.15) is 36.5 Å². The molecule has 1 saturated heterocycles. The van der Waals surface area contributed by atoms with Gasteiger partial charge >= 0.3 is 12.1 Å². The second kappa shape index (κ2) is 47.7. The molecule has 0 bridgehead atoms. The number of ether oxygens (including phenoxy) is 7. The summed E-state index contributed by atoms with van der Waals surface area (Å²) in [4.78, 5) is 151. The van der Waals surface area contributed by atoms with E-state index < -0.39 is 137 Å². The van der Waals surface area contributed by atoms with Crippen LogP contribution in [0.1, 0.15) is 142 Å². The van der Waals surface area contributed by atoms with Crippen LogP contribution in [-0.4, -0.2) is 239 Å². The number of nitrogens with one attached hydrogen (secondary N) is 7. The van der Waals surface area contributed by atoms with Crippen LogP contribution in [0.2, 0.25) is 0 Å². The van der Waals surface area contributed by atoms with Gasteiger partial charge in [-0.2, -0.15) is 0 Å². The number of aliphatic hydroxyl groups is 1. The summed E-state index contributed by atoms with van der Waals surface area (Å²) in [7, 11) is 6.06. The number of nitrogens with zero attached hydrogens (tertiary/aromatic N) is 4. The highest BCUT2D eigenvalue weighted by atomic mass is 16.6. The number of amides is 11. The van der Waals surface area contributed by atoms with Crippen LogP contribution in [0.3, 0.4) is 0 Å². The first-order valence-electron chi connectivity index (χ1n) is 37.3. The van der Waals surface area contributed by atoms with Crippen LogP contribution in [0.4, 0.5) is 26.7 Å². The molecule has 0 unspecified atom stereocenters. The summed E-state index contributed by atoms with van der Waals surface area (Å²) in [5.41, 5.74) is 12.0. The third kappa shape index (κ3) is 30.0. The molecule has 0 radical (unpaired) electrons. The highest BCUT2D eigenvalue weighted by Crippen LogP contribution is 2.31. The molecule has 11 amide bonds. The lowest BCUT2D eigenvalue weighted by Gasteiger charge is -2.41. The number of methoxy groups -OCH3 is 2. The van der Waals surface area contributed by atoms with Crippen LogP contribution in [0.25, 0.3) is 0 Å². The molecular weight excluding hydrogens is 1410 g/mol. The first-order chi connectivity index (χ1) is 51.8. The summed E-state index contributed by atoms with van der Waals surface area (Å²) >= 11 is 0. The van der Waals surface area contributed by atoms with Gasteiger partial charge in [-0.3, -0.25) is 53.4 Å². The Morgan fingerprint density at radius 3 is 1.87 bits per heavy atom. The number of likely N-dealkylation sites (tertiary alicyclic amines) is 1. The van der Waals surface area contributed by atoms with Crippen molar-refractivity contribution < 1.29 is 91.1 Å². The Hall–Kier alpha value is -9.12. The fourth-order valence-corrected chi connectivity index (χ4v) is 12.8. The molecule has 33 nitrogen and oxygen atoms in total. The van der Waals surface area contributed by atoms with Gasteiger partial charge in [0, 0.05) is 71.7 Å². The van der Waals surface area contributed by atoms with Crippen LogP contribution in [0.15, 0.2) is 72.8 Å². The second-order valence-corrected chi connectivity index (χ2v) is 28.3. The van der Waals surface area contributed by atoms with Gasteiger partial charge in [-0.25, -0.2) is 9.59 Å². The topological polar surface area (TPSA) is 445 Å². The lowest BCUT2D eigenvalue weighted by molar-refractivity contribution is -0.383. The van der Waals surface area contributed by atoms with E-state index in [9.17, 15) is 63.2 Å². The van der Waals surface area contributed by atoms with E-state index in [0.29, 0.717) is 42.6 Å². The van der Waals surface area contributed by atoms with E-state index in [0.717, 1.165) is 6.07 Å². The van der Waals surface area contributed by atoms with Crippen molar-refractivity contribution >= 4 is 76.4 Å². The smallest absolute Gasteiger partial charge is 0.410 e. The molecule has 3 aromatic carbocycles. The minimum Gasteiger partial charge on any atom is -0.445 e.